The van der Waals surface area contributed by atoms with Crippen molar-refractivity contribution in [2.45, 2.75) is 13.0 Å². The van der Waals surface area contributed by atoms with E-state index >= 15 is 0 Å². The number of nitrogens with one attached hydrogen (secondary N) is 1. The first-order valence-corrected chi connectivity index (χ1v) is 5.25. The Morgan fingerprint density at radius 2 is 2.18 bits per heavy atom. The molecule has 0 aliphatic carbocycles. The number of likely N-dealkylation sites (tertiary alicyclic amines) is 1. The van der Waals surface area contributed by atoms with Gasteiger partial charge in [-0.1, -0.05) is 0 Å². The number of carbonyl (C=O) groups is 2. The highest BCUT2D eigenvalue weighted by Gasteiger charge is 2.32. The second kappa shape index (κ2) is 4.08. The molecule has 0 atom stereocenters. The Balaban J connectivity index is 1.94. The van der Waals surface area contributed by atoms with Gasteiger partial charge >= 0.3 is 6.09 Å². The molecule has 1 saturated heterocycles. The first kappa shape index (κ1) is 11.4. The van der Waals surface area contributed by atoms with Gasteiger partial charge in [0.1, 0.15) is 5.69 Å². The van der Waals surface area contributed by atoms with E-state index in [1.807, 2.05) is 0 Å². The summed E-state index contributed by atoms with van der Waals surface area (Å²) in [6, 6.07) is -0.104. The van der Waals surface area contributed by atoms with E-state index in [2.05, 4.69) is 10.3 Å². The average molecular weight is 238 g/mol. The molecule has 0 radical (unpaired) electrons. The fourth-order valence-electron chi connectivity index (χ4n) is 1.85. The van der Waals surface area contributed by atoms with Crippen molar-refractivity contribution >= 4 is 12.0 Å². The van der Waals surface area contributed by atoms with Crippen molar-refractivity contribution in [3.8, 4) is 0 Å². The normalized spacial score (nSPS) is 15.5. The maximum atomic E-state index is 11.9. The smallest absolute Gasteiger partial charge is 0.407 e. The summed E-state index contributed by atoms with van der Waals surface area (Å²) in [6.07, 6.45) is 0.626. The van der Waals surface area contributed by atoms with E-state index in [1.54, 1.807) is 24.9 Å². The summed E-state index contributed by atoms with van der Waals surface area (Å²) in [5, 5.41) is 11.4. The van der Waals surface area contributed by atoms with E-state index in [-0.39, 0.29) is 11.9 Å². The minimum absolute atomic E-state index is 0.104. The molecule has 0 spiro atoms. The molecule has 0 aromatic carbocycles. The Morgan fingerprint density at radius 1 is 1.53 bits per heavy atom. The second-order valence-electron chi connectivity index (χ2n) is 4.15. The quantitative estimate of drug-likeness (QED) is 0.748. The van der Waals surface area contributed by atoms with Gasteiger partial charge in [-0.05, 0) is 6.92 Å². The third-order valence-corrected chi connectivity index (χ3v) is 2.82. The Hall–Kier alpha value is -2.05. The summed E-state index contributed by atoms with van der Waals surface area (Å²) in [4.78, 5) is 27.7. The van der Waals surface area contributed by atoms with E-state index < -0.39 is 6.09 Å². The number of aromatic nitrogens is 2. The second-order valence-corrected chi connectivity index (χ2v) is 4.15. The van der Waals surface area contributed by atoms with Crippen LogP contribution in [0.4, 0.5) is 4.79 Å². The number of aryl methyl sites for hydroxylation is 2. The third-order valence-electron chi connectivity index (χ3n) is 2.82. The Labute approximate surface area is 98.0 Å². The van der Waals surface area contributed by atoms with Crippen LogP contribution < -0.4 is 5.32 Å². The van der Waals surface area contributed by atoms with Crippen molar-refractivity contribution in [1.82, 2.24) is 19.8 Å². The van der Waals surface area contributed by atoms with Crippen LogP contribution in [0, 0.1) is 6.92 Å². The molecule has 0 bridgehead atoms. The predicted octanol–water partition coefficient (Wildman–Crippen LogP) is -0.179. The molecule has 1 fully saturated rings. The van der Waals surface area contributed by atoms with E-state index in [9.17, 15) is 9.59 Å². The van der Waals surface area contributed by atoms with E-state index in [0.29, 0.717) is 24.5 Å². The third kappa shape index (κ3) is 2.08. The van der Waals surface area contributed by atoms with Crippen molar-refractivity contribution in [2.24, 2.45) is 7.05 Å². The first-order valence-electron chi connectivity index (χ1n) is 5.25. The van der Waals surface area contributed by atoms with E-state index in [0.717, 1.165) is 0 Å². The predicted molar refractivity (Wildman–Crippen MR) is 58.8 cm³/mol. The maximum Gasteiger partial charge on any atom is 0.407 e. The van der Waals surface area contributed by atoms with Crippen LogP contribution in [0.2, 0.25) is 0 Å². The molecule has 7 nitrogen and oxygen atoms in total. The van der Waals surface area contributed by atoms with Crippen LogP contribution in [0.15, 0.2) is 6.33 Å². The zero-order chi connectivity index (χ0) is 12.6. The SMILES string of the molecule is Cc1ncn(C)c1C(=O)NC1CN(C(=O)O)C1. The number of carbonyl (C=O) groups excluding carboxylic acids is 1. The van der Waals surface area contributed by atoms with Crippen LogP contribution in [0.25, 0.3) is 0 Å². The van der Waals surface area contributed by atoms with Gasteiger partial charge in [0.2, 0.25) is 0 Å². The number of hydrogen-bond acceptors (Lipinski definition) is 3. The summed E-state index contributed by atoms with van der Waals surface area (Å²) in [7, 11) is 1.75. The van der Waals surface area contributed by atoms with Crippen molar-refractivity contribution < 1.29 is 14.7 Å². The van der Waals surface area contributed by atoms with Crippen LogP contribution in [0.3, 0.4) is 0 Å². The number of imidazole rings is 1. The van der Waals surface area contributed by atoms with Gasteiger partial charge in [-0.2, -0.15) is 0 Å². The topological polar surface area (TPSA) is 87.5 Å². The molecule has 92 valence electrons. The van der Waals surface area contributed by atoms with Crippen LogP contribution in [-0.4, -0.2) is 50.7 Å². The van der Waals surface area contributed by atoms with Gasteiger partial charge in [0.15, 0.2) is 0 Å². The highest BCUT2D eigenvalue weighted by atomic mass is 16.4. The zero-order valence-electron chi connectivity index (χ0n) is 9.67. The van der Waals surface area contributed by atoms with Crippen molar-refractivity contribution in [2.75, 3.05) is 13.1 Å². The number of carboxylic acid groups (broad SMARTS) is 1. The lowest BCUT2D eigenvalue weighted by Crippen LogP contribution is -2.60. The van der Waals surface area contributed by atoms with Crippen LogP contribution in [0.1, 0.15) is 16.2 Å². The molecule has 1 aromatic heterocycles. The molecule has 2 heterocycles. The Kier molecular flexibility index (Phi) is 2.74. The van der Waals surface area contributed by atoms with E-state index in [4.69, 9.17) is 5.11 Å². The molecule has 2 rings (SSSR count). The lowest BCUT2D eigenvalue weighted by atomic mass is 10.1. The van der Waals surface area contributed by atoms with Gasteiger partial charge in [-0.25, -0.2) is 9.78 Å². The highest BCUT2D eigenvalue weighted by molar-refractivity contribution is 5.94. The highest BCUT2D eigenvalue weighted by Crippen LogP contribution is 2.10. The standard InChI is InChI=1S/C10H14N4O3/c1-6-8(13(2)5-11-6)9(15)12-7-3-14(4-7)10(16)17/h5,7H,3-4H2,1-2H3,(H,12,15)(H,16,17). The molecule has 1 aliphatic heterocycles. The number of rotatable bonds is 2. The molecule has 2 N–H and O–H groups in total. The first-order chi connectivity index (χ1) is 7.99. The lowest BCUT2D eigenvalue weighted by molar-refractivity contribution is 0.0761. The molecule has 0 saturated carbocycles. The van der Waals surface area contributed by atoms with Crippen LogP contribution >= 0.6 is 0 Å². The zero-order valence-corrected chi connectivity index (χ0v) is 9.67. The largest absolute Gasteiger partial charge is 0.465 e. The Morgan fingerprint density at radius 3 is 2.65 bits per heavy atom. The van der Waals surface area contributed by atoms with Gasteiger partial charge in [0.05, 0.1) is 18.1 Å². The summed E-state index contributed by atoms with van der Waals surface area (Å²) >= 11 is 0. The monoisotopic (exact) mass is 238 g/mol. The molecular formula is C10H14N4O3. The number of amides is 2. The van der Waals surface area contributed by atoms with Crippen molar-refractivity contribution in [3.63, 3.8) is 0 Å². The minimum Gasteiger partial charge on any atom is -0.465 e. The summed E-state index contributed by atoms with van der Waals surface area (Å²) in [5.41, 5.74) is 1.18. The van der Waals surface area contributed by atoms with Crippen LogP contribution in [0.5, 0.6) is 0 Å². The van der Waals surface area contributed by atoms with Crippen LogP contribution in [-0.2, 0) is 7.05 Å². The van der Waals surface area contributed by atoms with Gasteiger partial charge in [-0.3, -0.25) is 4.79 Å². The molecule has 7 heteroatoms. The molecular weight excluding hydrogens is 224 g/mol. The number of nitrogens with zero attached hydrogens (tertiary/aromatic N) is 3. The summed E-state index contributed by atoms with van der Waals surface area (Å²) in [5.74, 6) is -0.211. The molecule has 17 heavy (non-hydrogen) atoms. The Bertz CT molecular complexity index is 443. The van der Waals surface area contributed by atoms with Gasteiger partial charge in [-0.15, -0.1) is 0 Å². The van der Waals surface area contributed by atoms with Gasteiger partial charge < -0.3 is 19.9 Å². The molecule has 0 unspecified atom stereocenters. The fourth-order valence-corrected chi connectivity index (χ4v) is 1.85. The lowest BCUT2D eigenvalue weighted by Gasteiger charge is -2.37. The average Bonchev–Trinajstić information content (AvgIpc) is 2.50. The van der Waals surface area contributed by atoms with Crippen molar-refractivity contribution in [1.29, 1.82) is 0 Å². The molecule has 2 amide bonds. The minimum atomic E-state index is -0.952. The van der Waals surface area contributed by atoms with Crippen molar-refractivity contribution in [3.05, 3.63) is 17.7 Å². The summed E-state index contributed by atoms with van der Waals surface area (Å²) < 4.78 is 1.65. The molecule has 1 aromatic rings. The fraction of sp³-hybridized carbons (Fsp3) is 0.500. The van der Waals surface area contributed by atoms with E-state index in [1.165, 1.54) is 4.90 Å². The van der Waals surface area contributed by atoms with Gasteiger partial charge in [0.25, 0.3) is 5.91 Å². The number of hydrogen-bond donors (Lipinski definition) is 2. The summed E-state index contributed by atoms with van der Waals surface area (Å²) in [6.45, 7) is 2.45. The maximum absolute atomic E-state index is 11.9. The molecule has 1 aliphatic rings. The van der Waals surface area contributed by atoms with Gasteiger partial charge in [0, 0.05) is 20.1 Å².